The molecule has 2 unspecified atom stereocenters. The van der Waals surface area contributed by atoms with E-state index in [0.29, 0.717) is 38.2 Å². The van der Waals surface area contributed by atoms with Gasteiger partial charge in [-0.2, -0.15) is 0 Å². The topological polar surface area (TPSA) is 52.1 Å². The molecule has 160 valence electrons. The molecule has 0 spiro atoms. The Hall–Kier alpha value is -1.59. The molecule has 31 heavy (non-hydrogen) atoms. The predicted octanol–water partition coefficient (Wildman–Crippen LogP) is 7.18. The lowest BCUT2D eigenvalue weighted by Crippen LogP contribution is -2.48. The van der Waals surface area contributed by atoms with E-state index >= 15 is 0 Å². The van der Waals surface area contributed by atoms with Gasteiger partial charge in [0.25, 0.3) is 0 Å². The van der Waals surface area contributed by atoms with Gasteiger partial charge in [0.15, 0.2) is 0 Å². The molecular formula is C23H18Cl4N2O2. The molecule has 4 nitrogen and oxygen atoms in total. The van der Waals surface area contributed by atoms with Crippen LogP contribution in [-0.2, 0) is 15.6 Å². The first-order chi connectivity index (χ1) is 14.5. The first-order valence-corrected chi connectivity index (χ1v) is 11.4. The van der Waals surface area contributed by atoms with E-state index in [1.165, 1.54) is 0 Å². The van der Waals surface area contributed by atoms with Crippen molar-refractivity contribution in [2.75, 3.05) is 0 Å². The highest BCUT2D eigenvalue weighted by Crippen LogP contribution is 2.70. The number of ether oxygens (including phenoxy) is 1. The number of fused-ring (bicyclic) bond motifs is 6. The van der Waals surface area contributed by atoms with Crippen LogP contribution in [-0.4, -0.2) is 15.9 Å². The van der Waals surface area contributed by atoms with E-state index < -0.39 is 16.8 Å². The van der Waals surface area contributed by atoms with E-state index in [9.17, 15) is 4.79 Å². The maximum absolute atomic E-state index is 13.8. The molecule has 2 aliphatic carbocycles. The van der Waals surface area contributed by atoms with Gasteiger partial charge in [-0.25, -0.2) is 9.97 Å². The van der Waals surface area contributed by atoms with E-state index in [2.05, 4.69) is 20.8 Å². The summed E-state index contributed by atoms with van der Waals surface area (Å²) in [7, 11) is 0. The lowest BCUT2D eigenvalue weighted by Gasteiger charge is -2.38. The summed E-state index contributed by atoms with van der Waals surface area (Å²) in [6.07, 6.45) is 1.40. The van der Waals surface area contributed by atoms with Gasteiger partial charge in [-0.1, -0.05) is 67.2 Å². The number of halogens is 4. The molecule has 2 aromatic carbocycles. The number of carbonyl (C=O) groups excluding carboxylic acids is 1. The second-order valence-electron chi connectivity index (χ2n) is 9.00. The zero-order valence-electron chi connectivity index (χ0n) is 17.0. The molecule has 2 aliphatic rings. The van der Waals surface area contributed by atoms with Crippen molar-refractivity contribution in [3.63, 3.8) is 0 Å². The molecule has 0 amide bonds. The van der Waals surface area contributed by atoms with Crippen molar-refractivity contribution < 1.29 is 9.53 Å². The summed E-state index contributed by atoms with van der Waals surface area (Å²) in [6.45, 7) is 6.30. The van der Waals surface area contributed by atoms with Crippen molar-refractivity contribution in [3.8, 4) is 5.75 Å². The van der Waals surface area contributed by atoms with Crippen LogP contribution in [0.5, 0.6) is 5.75 Å². The second-order valence-corrected chi connectivity index (χ2v) is 10.7. The third-order valence-electron chi connectivity index (χ3n) is 7.52. The molecular weight excluding hydrogens is 478 g/mol. The predicted molar refractivity (Wildman–Crippen MR) is 124 cm³/mol. The van der Waals surface area contributed by atoms with Crippen molar-refractivity contribution >= 4 is 63.4 Å². The summed E-state index contributed by atoms with van der Waals surface area (Å²) in [5, 5.41) is 1.56. The maximum atomic E-state index is 13.8. The third-order valence-corrected chi connectivity index (χ3v) is 8.78. The molecule has 8 heteroatoms. The van der Waals surface area contributed by atoms with Crippen LogP contribution in [0.25, 0.3) is 11.0 Å². The molecule has 1 fully saturated rings. The molecule has 3 aromatic rings. The second kappa shape index (κ2) is 6.71. The molecule has 2 bridgehead atoms. The van der Waals surface area contributed by atoms with Crippen LogP contribution in [0, 0.1) is 5.41 Å². The number of nitrogens with zero attached hydrogens (tertiary/aromatic N) is 2. The summed E-state index contributed by atoms with van der Waals surface area (Å²) in [5.74, 6) is -0.121. The SMILES string of the molecule is CC12CCC(C(=O)Oc3ccc(Cl)cc3Cl)(c3nc4cc(Cl)c(Cl)cc4nc31)C2(C)C. The summed E-state index contributed by atoms with van der Waals surface area (Å²) in [6, 6.07) is 8.19. The molecule has 0 saturated heterocycles. The smallest absolute Gasteiger partial charge is 0.324 e. The highest BCUT2D eigenvalue weighted by Gasteiger charge is 2.74. The quantitative estimate of drug-likeness (QED) is 0.279. The van der Waals surface area contributed by atoms with E-state index in [0.717, 1.165) is 12.1 Å². The van der Waals surface area contributed by atoms with Gasteiger partial charge < -0.3 is 4.74 Å². The summed E-state index contributed by atoms with van der Waals surface area (Å²) >= 11 is 24.7. The Balaban J connectivity index is 1.71. The fourth-order valence-corrected chi connectivity index (χ4v) is 6.06. The van der Waals surface area contributed by atoms with Crippen LogP contribution in [0.1, 0.15) is 45.0 Å². The van der Waals surface area contributed by atoms with Crippen molar-refractivity contribution in [3.05, 3.63) is 61.8 Å². The van der Waals surface area contributed by atoms with Crippen LogP contribution >= 0.6 is 46.4 Å². The van der Waals surface area contributed by atoms with E-state index in [1.54, 1.807) is 30.3 Å². The summed E-state index contributed by atoms with van der Waals surface area (Å²) < 4.78 is 5.85. The number of hydrogen-bond donors (Lipinski definition) is 0. The lowest BCUT2D eigenvalue weighted by molar-refractivity contribution is -0.145. The van der Waals surface area contributed by atoms with E-state index in [-0.39, 0.29) is 16.2 Å². The van der Waals surface area contributed by atoms with Gasteiger partial charge in [0.1, 0.15) is 11.2 Å². The Bertz CT molecular complexity index is 1290. The normalized spacial score (nSPS) is 25.6. The van der Waals surface area contributed by atoms with E-state index in [4.69, 9.17) is 61.1 Å². The van der Waals surface area contributed by atoms with Gasteiger partial charge >= 0.3 is 5.97 Å². The molecule has 0 aliphatic heterocycles. The minimum atomic E-state index is -0.965. The van der Waals surface area contributed by atoms with Crippen molar-refractivity contribution in [1.82, 2.24) is 9.97 Å². The number of esters is 1. The van der Waals surface area contributed by atoms with Gasteiger partial charge in [0.05, 0.1) is 37.5 Å². The minimum absolute atomic E-state index is 0.270. The third kappa shape index (κ3) is 2.65. The van der Waals surface area contributed by atoms with Gasteiger partial charge in [-0.3, -0.25) is 4.79 Å². The fourth-order valence-electron chi connectivity index (χ4n) is 5.30. The number of rotatable bonds is 2. The Morgan fingerprint density at radius 1 is 0.871 bits per heavy atom. The standard InChI is InChI=1S/C23H18Cl4N2O2/c1-21(2)22(3)6-7-23(21,20(30)31-17-5-4-11(24)8-14(17)27)19-18(22)28-15-9-12(25)13(26)10-16(15)29-19/h4-5,8-10H,6-7H2,1-3H3. The number of hydrogen-bond acceptors (Lipinski definition) is 4. The van der Waals surface area contributed by atoms with Crippen molar-refractivity contribution in [1.29, 1.82) is 0 Å². The first kappa shape index (κ1) is 21.3. The van der Waals surface area contributed by atoms with Gasteiger partial charge in [-0.05, 0) is 48.6 Å². The Morgan fingerprint density at radius 3 is 2.10 bits per heavy atom. The zero-order chi connectivity index (χ0) is 22.3. The van der Waals surface area contributed by atoms with Gasteiger partial charge in [0.2, 0.25) is 0 Å². The monoisotopic (exact) mass is 494 g/mol. The van der Waals surface area contributed by atoms with Crippen molar-refractivity contribution in [2.45, 2.75) is 44.4 Å². The van der Waals surface area contributed by atoms with Crippen LogP contribution in [0.4, 0.5) is 0 Å². The Labute approximate surface area is 199 Å². The summed E-state index contributed by atoms with van der Waals surface area (Å²) in [4.78, 5) is 23.6. The molecule has 0 N–H and O–H groups in total. The fraction of sp³-hybridized carbons (Fsp3) is 0.348. The molecule has 1 heterocycles. The van der Waals surface area contributed by atoms with E-state index in [1.807, 2.05) is 0 Å². The molecule has 5 rings (SSSR count). The van der Waals surface area contributed by atoms with Gasteiger partial charge in [-0.15, -0.1) is 0 Å². The minimum Gasteiger partial charge on any atom is -0.424 e. The lowest BCUT2D eigenvalue weighted by atomic mass is 9.64. The molecule has 2 atom stereocenters. The Kier molecular flexibility index (Phi) is 4.60. The maximum Gasteiger partial charge on any atom is 0.324 e. The number of benzene rings is 2. The Morgan fingerprint density at radius 2 is 1.48 bits per heavy atom. The van der Waals surface area contributed by atoms with Gasteiger partial charge in [0, 0.05) is 10.4 Å². The van der Waals surface area contributed by atoms with Crippen molar-refractivity contribution in [2.24, 2.45) is 5.41 Å². The first-order valence-electron chi connectivity index (χ1n) is 9.86. The number of aromatic nitrogens is 2. The number of carbonyl (C=O) groups is 1. The molecule has 1 aromatic heterocycles. The average molecular weight is 496 g/mol. The van der Waals surface area contributed by atoms with Crippen LogP contribution in [0.15, 0.2) is 30.3 Å². The highest BCUT2D eigenvalue weighted by atomic mass is 35.5. The highest BCUT2D eigenvalue weighted by molar-refractivity contribution is 6.42. The largest absolute Gasteiger partial charge is 0.424 e. The summed E-state index contributed by atoms with van der Waals surface area (Å²) in [5.41, 5.74) is 0.912. The van der Waals surface area contributed by atoms with Crippen LogP contribution in [0.2, 0.25) is 20.1 Å². The molecule has 0 radical (unpaired) electrons. The zero-order valence-corrected chi connectivity index (χ0v) is 20.0. The molecule has 1 saturated carbocycles. The average Bonchev–Trinajstić information content (AvgIpc) is 2.99. The van der Waals surface area contributed by atoms with Crippen LogP contribution < -0.4 is 4.74 Å². The van der Waals surface area contributed by atoms with Crippen LogP contribution in [0.3, 0.4) is 0 Å².